The third-order valence-corrected chi connectivity index (χ3v) is 4.25. The smallest absolute Gasteiger partial charge is 0.203 e. The summed E-state index contributed by atoms with van der Waals surface area (Å²) in [6.45, 7) is 0. The van der Waals surface area contributed by atoms with E-state index in [4.69, 9.17) is 0 Å². The molecule has 22 heavy (non-hydrogen) atoms. The zero-order chi connectivity index (χ0) is 15.4. The number of anilines is 1. The number of halogens is 2. The van der Waals surface area contributed by atoms with Gasteiger partial charge < -0.3 is 0 Å². The van der Waals surface area contributed by atoms with Crippen molar-refractivity contribution in [1.29, 1.82) is 0 Å². The monoisotopic (exact) mass is 375 g/mol. The second kappa shape index (κ2) is 6.81. The van der Waals surface area contributed by atoms with Gasteiger partial charge in [0.2, 0.25) is 5.13 Å². The highest BCUT2D eigenvalue weighted by Gasteiger charge is 2.03. The minimum Gasteiger partial charge on any atom is -0.253 e. The number of thiazole rings is 1. The number of hydrogen-bond acceptors (Lipinski definition) is 4. The molecule has 3 nitrogen and oxygen atoms in total. The molecule has 2 aromatic carbocycles. The summed E-state index contributed by atoms with van der Waals surface area (Å²) in [6, 6.07) is 14.7. The van der Waals surface area contributed by atoms with Crippen molar-refractivity contribution in [3.8, 4) is 11.3 Å². The first kappa shape index (κ1) is 14.9. The largest absolute Gasteiger partial charge is 0.253 e. The van der Waals surface area contributed by atoms with Gasteiger partial charge in [0.25, 0.3) is 0 Å². The molecule has 0 saturated carbocycles. The molecule has 1 heterocycles. The minimum absolute atomic E-state index is 0.294. The number of hydrazone groups is 1. The highest BCUT2D eigenvalue weighted by molar-refractivity contribution is 9.10. The molecule has 0 saturated heterocycles. The third kappa shape index (κ3) is 3.58. The Morgan fingerprint density at radius 1 is 1.18 bits per heavy atom. The highest BCUT2D eigenvalue weighted by atomic mass is 79.9. The van der Waals surface area contributed by atoms with E-state index in [0.717, 1.165) is 16.8 Å². The summed E-state index contributed by atoms with van der Waals surface area (Å²) in [4.78, 5) is 4.47. The molecule has 0 aliphatic heterocycles. The summed E-state index contributed by atoms with van der Waals surface area (Å²) in [7, 11) is 0. The van der Waals surface area contributed by atoms with E-state index in [9.17, 15) is 4.39 Å². The van der Waals surface area contributed by atoms with Crippen molar-refractivity contribution in [2.45, 2.75) is 0 Å². The van der Waals surface area contributed by atoms with E-state index in [0.29, 0.717) is 9.60 Å². The Kier molecular flexibility index (Phi) is 4.60. The van der Waals surface area contributed by atoms with Gasteiger partial charge in [-0.05, 0) is 33.6 Å². The van der Waals surface area contributed by atoms with E-state index < -0.39 is 0 Å². The van der Waals surface area contributed by atoms with Crippen LogP contribution >= 0.6 is 27.3 Å². The lowest BCUT2D eigenvalue weighted by molar-refractivity contribution is 0.621. The first-order valence-electron chi connectivity index (χ1n) is 6.47. The van der Waals surface area contributed by atoms with Gasteiger partial charge in [-0.25, -0.2) is 9.37 Å². The second-order valence-electron chi connectivity index (χ2n) is 4.45. The maximum atomic E-state index is 13.1. The zero-order valence-corrected chi connectivity index (χ0v) is 13.7. The number of aromatic nitrogens is 1. The molecule has 6 heteroatoms. The lowest BCUT2D eigenvalue weighted by Crippen LogP contribution is -1.91. The average Bonchev–Trinajstić information content (AvgIpc) is 3.01. The summed E-state index contributed by atoms with van der Waals surface area (Å²) in [5.41, 5.74) is 5.66. The fourth-order valence-corrected chi connectivity index (χ4v) is 2.89. The van der Waals surface area contributed by atoms with Crippen LogP contribution in [0.25, 0.3) is 11.3 Å². The van der Waals surface area contributed by atoms with Crippen LogP contribution in [0.5, 0.6) is 0 Å². The fraction of sp³-hybridized carbons (Fsp3) is 0. The third-order valence-electron chi connectivity index (χ3n) is 2.89. The Morgan fingerprint density at radius 3 is 2.77 bits per heavy atom. The van der Waals surface area contributed by atoms with Crippen LogP contribution in [0.1, 0.15) is 5.56 Å². The molecule has 3 aromatic rings. The number of nitrogens with one attached hydrogen (secondary N) is 1. The lowest BCUT2D eigenvalue weighted by atomic mass is 10.2. The Labute approximate surface area is 139 Å². The van der Waals surface area contributed by atoms with Gasteiger partial charge in [-0.15, -0.1) is 11.3 Å². The number of nitrogens with zero attached hydrogens (tertiary/aromatic N) is 2. The van der Waals surface area contributed by atoms with Gasteiger partial charge >= 0.3 is 0 Å². The first-order chi connectivity index (χ1) is 10.7. The SMILES string of the molecule is Fc1ccc(C=NNc2nc(-c3ccccc3)cs2)cc1Br. The van der Waals surface area contributed by atoms with Crippen molar-refractivity contribution in [2.24, 2.45) is 5.10 Å². The van der Waals surface area contributed by atoms with Gasteiger partial charge in [0.05, 0.1) is 16.4 Å². The van der Waals surface area contributed by atoms with Crippen molar-refractivity contribution in [3.63, 3.8) is 0 Å². The quantitative estimate of drug-likeness (QED) is 0.505. The topological polar surface area (TPSA) is 37.3 Å². The van der Waals surface area contributed by atoms with Gasteiger partial charge in [0.1, 0.15) is 5.82 Å². The van der Waals surface area contributed by atoms with E-state index in [1.165, 1.54) is 17.4 Å². The fourth-order valence-electron chi connectivity index (χ4n) is 1.82. The summed E-state index contributed by atoms with van der Waals surface area (Å²) >= 11 is 4.62. The average molecular weight is 376 g/mol. The molecule has 0 atom stereocenters. The van der Waals surface area contributed by atoms with E-state index >= 15 is 0 Å². The van der Waals surface area contributed by atoms with Gasteiger partial charge in [0.15, 0.2) is 0 Å². The first-order valence-corrected chi connectivity index (χ1v) is 8.15. The van der Waals surface area contributed by atoms with Crippen molar-refractivity contribution in [2.75, 3.05) is 5.43 Å². The molecule has 110 valence electrons. The molecule has 0 unspecified atom stereocenters. The Hall–Kier alpha value is -2.05. The summed E-state index contributed by atoms with van der Waals surface area (Å²) < 4.78 is 13.5. The van der Waals surface area contributed by atoms with Crippen LogP contribution < -0.4 is 5.43 Å². The highest BCUT2D eigenvalue weighted by Crippen LogP contribution is 2.24. The molecule has 0 aliphatic carbocycles. The molecule has 1 N–H and O–H groups in total. The van der Waals surface area contributed by atoms with Crippen LogP contribution in [0.3, 0.4) is 0 Å². The Balaban J connectivity index is 1.68. The normalized spacial score (nSPS) is 11.0. The summed E-state index contributed by atoms with van der Waals surface area (Å²) in [6.07, 6.45) is 1.62. The molecular formula is C16H11BrFN3S. The van der Waals surface area contributed by atoms with E-state index in [1.807, 2.05) is 35.7 Å². The van der Waals surface area contributed by atoms with E-state index in [-0.39, 0.29) is 5.82 Å². The zero-order valence-electron chi connectivity index (χ0n) is 11.3. The van der Waals surface area contributed by atoms with Crippen LogP contribution in [0.2, 0.25) is 0 Å². The summed E-state index contributed by atoms with van der Waals surface area (Å²) in [5, 5.41) is 6.80. The number of benzene rings is 2. The Morgan fingerprint density at radius 2 is 2.00 bits per heavy atom. The molecule has 0 bridgehead atoms. The summed E-state index contributed by atoms with van der Waals surface area (Å²) in [5.74, 6) is -0.294. The van der Waals surface area contributed by atoms with Gasteiger partial charge in [0, 0.05) is 10.9 Å². The number of hydrogen-bond donors (Lipinski definition) is 1. The van der Waals surface area contributed by atoms with E-state index in [2.05, 4.69) is 31.4 Å². The number of rotatable bonds is 4. The molecule has 0 spiro atoms. The standard InChI is InChI=1S/C16H11BrFN3S/c17-13-8-11(6-7-14(13)18)9-19-21-16-20-15(10-22-16)12-4-2-1-3-5-12/h1-10H,(H,20,21). The lowest BCUT2D eigenvalue weighted by Gasteiger charge is -1.97. The molecule has 3 rings (SSSR count). The molecular weight excluding hydrogens is 365 g/mol. The van der Waals surface area contributed by atoms with Gasteiger partial charge in [-0.2, -0.15) is 5.10 Å². The van der Waals surface area contributed by atoms with Crippen LogP contribution in [-0.4, -0.2) is 11.2 Å². The second-order valence-corrected chi connectivity index (χ2v) is 6.16. The molecule has 0 amide bonds. The molecule has 0 radical (unpaired) electrons. The van der Waals surface area contributed by atoms with Crippen LogP contribution in [0, 0.1) is 5.82 Å². The van der Waals surface area contributed by atoms with Crippen molar-refractivity contribution in [3.05, 3.63) is 69.8 Å². The van der Waals surface area contributed by atoms with Gasteiger partial charge in [-0.1, -0.05) is 36.4 Å². The molecule has 0 fully saturated rings. The van der Waals surface area contributed by atoms with Crippen molar-refractivity contribution in [1.82, 2.24) is 4.98 Å². The van der Waals surface area contributed by atoms with E-state index in [1.54, 1.807) is 18.3 Å². The van der Waals surface area contributed by atoms with Crippen LogP contribution in [-0.2, 0) is 0 Å². The van der Waals surface area contributed by atoms with Crippen molar-refractivity contribution < 1.29 is 4.39 Å². The molecule has 1 aromatic heterocycles. The minimum atomic E-state index is -0.294. The maximum Gasteiger partial charge on any atom is 0.203 e. The molecule has 0 aliphatic rings. The van der Waals surface area contributed by atoms with Crippen LogP contribution in [0.15, 0.2) is 63.5 Å². The van der Waals surface area contributed by atoms with Crippen LogP contribution in [0.4, 0.5) is 9.52 Å². The van der Waals surface area contributed by atoms with Crippen molar-refractivity contribution >= 4 is 38.6 Å². The van der Waals surface area contributed by atoms with Gasteiger partial charge in [-0.3, -0.25) is 5.43 Å². The maximum absolute atomic E-state index is 13.1. The predicted molar refractivity (Wildman–Crippen MR) is 92.9 cm³/mol. The predicted octanol–water partition coefficient (Wildman–Crippen LogP) is 5.16. The Bertz CT molecular complexity index is 802.